The summed E-state index contributed by atoms with van der Waals surface area (Å²) in [6, 6.07) is 0. The van der Waals surface area contributed by atoms with Crippen LogP contribution in [0, 0.1) is 16.0 Å². The van der Waals surface area contributed by atoms with Crippen molar-refractivity contribution in [3.63, 3.8) is 0 Å². The minimum absolute atomic E-state index is 0.304. The van der Waals surface area contributed by atoms with Gasteiger partial charge in [-0.05, 0) is 12.3 Å². The summed E-state index contributed by atoms with van der Waals surface area (Å²) >= 11 is 7.00. The second kappa shape index (κ2) is 6.92. The Morgan fingerprint density at radius 2 is 2.09 bits per heavy atom. The van der Waals surface area contributed by atoms with E-state index < -0.39 is 16.2 Å². The van der Waals surface area contributed by atoms with Crippen molar-refractivity contribution < 1.29 is 4.92 Å². The number of halogens is 1. The number of nitrogens with zero attached hydrogens (tertiary/aromatic N) is 4. The zero-order chi connectivity index (χ0) is 16.4. The van der Waals surface area contributed by atoms with Crippen LogP contribution in [0.25, 0.3) is 4.96 Å². The lowest BCUT2D eigenvalue weighted by atomic mass is 9.86. The lowest BCUT2D eigenvalue weighted by Crippen LogP contribution is -2.19. The average molecular weight is 357 g/mol. The maximum atomic E-state index is 12.1. The summed E-state index contributed by atoms with van der Waals surface area (Å²) in [7, 11) is 0. The number of fused-ring (bicyclic) bond motifs is 1. The van der Waals surface area contributed by atoms with Crippen molar-refractivity contribution in [1.29, 1.82) is 0 Å². The maximum absolute atomic E-state index is 12.1. The van der Waals surface area contributed by atoms with Crippen molar-refractivity contribution in [2.24, 2.45) is 5.92 Å². The van der Waals surface area contributed by atoms with Crippen molar-refractivity contribution in [1.82, 2.24) is 14.6 Å². The summed E-state index contributed by atoms with van der Waals surface area (Å²) in [5, 5.41) is 15.4. The number of hydrogen-bond donors (Lipinski definition) is 0. The van der Waals surface area contributed by atoms with Gasteiger partial charge in [-0.15, -0.1) is 0 Å². The highest BCUT2D eigenvalue weighted by molar-refractivity contribution is 7.16. The number of aryl methyl sites for hydroxylation is 1. The van der Waals surface area contributed by atoms with E-state index in [0.717, 1.165) is 28.3 Å². The zero-order valence-electron chi connectivity index (χ0n) is 12.5. The van der Waals surface area contributed by atoms with Crippen LogP contribution >= 0.6 is 22.9 Å². The summed E-state index contributed by atoms with van der Waals surface area (Å²) in [5.41, 5.74) is -1.54. The second-order valence-corrected chi connectivity index (χ2v) is 7.30. The van der Waals surface area contributed by atoms with Crippen molar-refractivity contribution >= 4 is 33.6 Å². The van der Waals surface area contributed by atoms with Crippen LogP contribution in [0.1, 0.15) is 50.0 Å². The van der Waals surface area contributed by atoms with Crippen LogP contribution < -0.4 is 5.56 Å². The smallest absolute Gasteiger partial charge is 0.259 e. The van der Waals surface area contributed by atoms with Gasteiger partial charge in [-0.25, -0.2) is 0 Å². The standard InChI is InChI=1S/C14H17ClN4O3S/c15-12-11(19(21)22)13(20)18-14(16-12)23-10(17-18)8-4-7-9-5-2-1-3-6-9/h9H,1-8H2. The van der Waals surface area contributed by atoms with E-state index in [9.17, 15) is 14.9 Å². The molecular formula is C14H17ClN4O3S. The molecule has 1 aliphatic rings. The molecule has 0 spiro atoms. The summed E-state index contributed by atoms with van der Waals surface area (Å²) < 4.78 is 0.991. The molecule has 0 aliphatic heterocycles. The Bertz CT molecular complexity index is 782. The van der Waals surface area contributed by atoms with E-state index >= 15 is 0 Å². The summed E-state index contributed by atoms with van der Waals surface area (Å²) in [6.07, 6.45) is 9.55. The van der Waals surface area contributed by atoms with E-state index in [-0.39, 0.29) is 5.15 Å². The van der Waals surface area contributed by atoms with Gasteiger partial charge in [-0.3, -0.25) is 14.9 Å². The molecule has 0 atom stereocenters. The molecule has 2 aromatic rings. The van der Waals surface area contributed by atoms with Crippen LogP contribution in [0.4, 0.5) is 5.69 Å². The fourth-order valence-electron chi connectivity index (χ4n) is 3.12. The van der Waals surface area contributed by atoms with Crippen molar-refractivity contribution in [2.45, 2.75) is 51.4 Å². The van der Waals surface area contributed by atoms with E-state index in [4.69, 9.17) is 11.6 Å². The number of aromatic nitrogens is 3. The summed E-state index contributed by atoms with van der Waals surface area (Å²) in [5.74, 6) is 0.800. The minimum atomic E-state index is -0.820. The van der Waals surface area contributed by atoms with Crippen LogP contribution in [0.5, 0.6) is 0 Å². The van der Waals surface area contributed by atoms with Crippen LogP contribution in [0.3, 0.4) is 0 Å². The Kier molecular flexibility index (Phi) is 4.91. The molecule has 23 heavy (non-hydrogen) atoms. The van der Waals surface area contributed by atoms with Crippen molar-refractivity contribution in [2.75, 3.05) is 0 Å². The highest BCUT2D eigenvalue weighted by Crippen LogP contribution is 2.28. The third kappa shape index (κ3) is 3.53. The van der Waals surface area contributed by atoms with E-state index in [1.54, 1.807) is 0 Å². The molecule has 2 heterocycles. The Labute approximate surface area is 141 Å². The third-order valence-electron chi connectivity index (χ3n) is 4.30. The molecule has 0 radical (unpaired) electrons. The van der Waals surface area contributed by atoms with Gasteiger partial charge in [0, 0.05) is 6.42 Å². The molecule has 0 amide bonds. The van der Waals surface area contributed by atoms with Gasteiger partial charge in [0.1, 0.15) is 5.01 Å². The fourth-order valence-corrected chi connectivity index (χ4v) is 4.33. The molecule has 0 unspecified atom stereocenters. The van der Waals surface area contributed by atoms with Gasteiger partial charge in [0.05, 0.1) is 4.92 Å². The number of hydrogen-bond acceptors (Lipinski definition) is 6. The van der Waals surface area contributed by atoms with Crippen molar-refractivity contribution in [3.05, 3.63) is 30.6 Å². The van der Waals surface area contributed by atoms with Crippen LogP contribution in [-0.2, 0) is 6.42 Å². The first-order valence-electron chi connectivity index (χ1n) is 7.79. The quantitative estimate of drug-likeness (QED) is 0.463. The minimum Gasteiger partial charge on any atom is -0.259 e. The Balaban J connectivity index is 1.74. The fraction of sp³-hybridized carbons (Fsp3) is 0.643. The molecule has 124 valence electrons. The van der Waals surface area contributed by atoms with Crippen molar-refractivity contribution in [3.8, 4) is 0 Å². The first-order chi connectivity index (χ1) is 11.1. The Morgan fingerprint density at radius 1 is 1.35 bits per heavy atom. The molecule has 2 aromatic heterocycles. The van der Waals surface area contributed by atoms with Gasteiger partial charge in [0.2, 0.25) is 10.1 Å². The largest absolute Gasteiger partial charge is 0.372 e. The van der Waals surface area contributed by atoms with Crippen LogP contribution in [0.15, 0.2) is 4.79 Å². The lowest BCUT2D eigenvalue weighted by molar-refractivity contribution is -0.386. The normalized spacial score (nSPS) is 16.0. The molecule has 0 aromatic carbocycles. The molecule has 1 fully saturated rings. The van der Waals surface area contributed by atoms with Gasteiger partial charge in [-0.1, -0.05) is 61.5 Å². The summed E-state index contributed by atoms with van der Waals surface area (Å²) in [4.78, 5) is 26.4. The molecule has 0 saturated heterocycles. The molecule has 9 heteroatoms. The van der Waals surface area contributed by atoms with Gasteiger partial charge < -0.3 is 0 Å². The molecule has 7 nitrogen and oxygen atoms in total. The molecule has 3 rings (SSSR count). The summed E-state index contributed by atoms with van der Waals surface area (Å²) in [6.45, 7) is 0. The molecule has 1 aliphatic carbocycles. The monoisotopic (exact) mass is 356 g/mol. The molecule has 1 saturated carbocycles. The van der Waals surface area contributed by atoms with Gasteiger partial charge in [0.25, 0.3) is 0 Å². The molecular weight excluding hydrogens is 340 g/mol. The van der Waals surface area contributed by atoms with E-state index in [2.05, 4.69) is 10.1 Å². The Hall–Kier alpha value is -1.54. The van der Waals surface area contributed by atoms with Gasteiger partial charge in [-0.2, -0.15) is 14.6 Å². The number of nitro groups is 1. The average Bonchev–Trinajstić information content (AvgIpc) is 2.91. The predicted molar refractivity (Wildman–Crippen MR) is 88.3 cm³/mol. The number of rotatable bonds is 5. The van der Waals surface area contributed by atoms with Gasteiger partial charge >= 0.3 is 11.2 Å². The van der Waals surface area contributed by atoms with Gasteiger partial charge in [0.15, 0.2) is 0 Å². The lowest BCUT2D eigenvalue weighted by Gasteiger charge is -2.20. The highest BCUT2D eigenvalue weighted by Gasteiger charge is 2.24. The van der Waals surface area contributed by atoms with E-state index in [0.29, 0.717) is 4.96 Å². The first kappa shape index (κ1) is 16.3. The second-order valence-electron chi connectivity index (χ2n) is 5.90. The SMILES string of the molecule is O=c1c([N+](=O)[O-])c(Cl)nc2sc(CCCC3CCCCC3)nn12. The first-order valence-corrected chi connectivity index (χ1v) is 8.98. The van der Waals surface area contributed by atoms with E-state index in [1.165, 1.54) is 49.9 Å². The maximum Gasteiger partial charge on any atom is 0.372 e. The highest BCUT2D eigenvalue weighted by atomic mass is 35.5. The zero-order valence-corrected chi connectivity index (χ0v) is 14.1. The van der Waals surface area contributed by atoms with E-state index in [1.807, 2.05) is 0 Å². The Morgan fingerprint density at radius 3 is 2.78 bits per heavy atom. The third-order valence-corrected chi connectivity index (χ3v) is 5.53. The van der Waals surface area contributed by atoms with Crippen LogP contribution in [0.2, 0.25) is 5.15 Å². The molecule has 0 bridgehead atoms. The molecule has 0 N–H and O–H groups in total. The predicted octanol–water partition coefficient (Wildman–Crippen LogP) is 3.62. The van der Waals surface area contributed by atoms with Crippen LogP contribution in [-0.4, -0.2) is 19.5 Å². The topological polar surface area (TPSA) is 90.4 Å².